The third-order valence-corrected chi connectivity index (χ3v) is 2.71. The van der Waals surface area contributed by atoms with Crippen molar-refractivity contribution in [2.75, 3.05) is 26.9 Å². The van der Waals surface area contributed by atoms with Gasteiger partial charge >= 0.3 is 0 Å². The Bertz CT molecular complexity index is 339. The Morgan fingerprint density at radius 2 is 2.06 bits per heavy atom. The standard InChI is InChI=1S/C15H25NO2/c1-4-8-16-12-14-11-13(2)6-7-15(14)18-10-5-9-17-3/h6-7,11,16H,4-5,8-10,12H2,1-3H3. The molecule has 18 heavy (non-hydrogen) atoms. The van der Waals surface area contributed by atoms with Crippen LogP contribution >= 0.6 is 0 Å². The molecule has 3 heteroatoms. The fourth-order valence-electron chi connectivity index (χ4n) is 1.77. The summed E-state index contributed by atoms with van der Waals surface area (Å²) in [6, 6.07) is 6.34. The van der Waals surface area contributed by atoms with Crippen molar-refractivity contribution < 1.29 is 9.47 Å². The minimum atomic E-state index is 0.706. The van der Waals surface area contributed by atoms with Crippen molar-refractivity contribution in [2.45, 2.75) is 33.2 Å². The molecule has 0 aromatic heterocycles. The topological polar surface area (TPSA) is 30.5 Å². The molecule has 0 saturated carbocycles. The van der Waals surface area contributed by atoms with Crippen LogP contribution in [0.15, 0.2) is 18.2 Å². The lowest BCUT2D eigenvalue weighted by atomic mass is 10.1. The summed E-state index contributed by atoms with van der Waals surface area (Å²) in [7, 11) is 1.71. The second-order valence-electron chi connectivity index (χ2n) is 4.48. The highest BCUT2D eigenvalue weighted by Crippen LogP contribution is 2.20. The molecular weight excluding hydrogens is 226 g/mol. The zero-order chi connectivity index (χ0) is 13.2. The van der Waals surface area contributed by atoms with Crippen LogP contribution < -0.4 is 10.1 Å². The predicted molar refractivity (Wildman–Crippen MR) is 75.2 cm³/mol. The Labute approximate surface area is 110 Å². The highest BCUT2D eigenvalue weighted by atomic mass is 16.5. The maximum atomic E-state index is 5.80. The van der Waals surface area contributed by atoms with E-state index in [-0.39, 0.29) is 0 Å². The largest absolute Gasteiger partial charge is 0.493 e. The maximum Gasteiger partial charge on any atom is 0.123 e. The number of hydrogen-bond acceptors (Lipinski definition) is 3. The van der Waals surface area contributed by atoms with Gasteiger partial charge < -0.3 is 14.8 Å². The molecule has 0 aliphatic heterocycles. The van der Waals surface area contributed by atoms with Crippen molar-refractivity contribution in [2.24, 2.45) is 0 Å². The molecule has 1 N–H and O–H groups in total. The second-order valence-corrected chi connectivity index (χ2v) is 4.48. The summed E-state index contributed by atoms with van der Waals surface area (Å²) in [6.07, 6.45) is 2.07. The lowest BCUT2D eigenvalue weighted by Gasteiger charge is -2.13. The molecule has 3 nitrogen and oxygen atoms in total. The van der Waals surface area contributed by atoms with Gasteiger partial charge in [-0.2, -0.15) is 0 Å². The molecule has 0 unspecified atom stereocenters. The highest BCUT2D eigenvalue weighted by Gasteiger charge is 2.03. The molecular formula is C15H25NO2. The number of aryl methyl sites for hydroxylation is 1. The van der Waals surface area contributed by atoms with Crippen LogP contribution in [0.1, 0.15) is 30.9 Å². The summed E-state index contributed by atoms with van der Waals surface area (Å²) in [5.41, 5.74) is 2.51. The van der Waals surface area contributed by atoms with Crippen LogP contribution in [0.2, 0.25) is 0 Å². The summed E-state index contributed by atoms with van der Waals surface area (Å²) < 4.78 is 10.8. The summed E-state index contributed by atoms with van der Waals surface area (Å²) in [4.78, 5) is 0. The second kappa shape index (κ2) is 8.95. The molecule has 1 rings (SSSR count). The third-order valence-electron chi connectivity index (χ3n) is 2.71. The summed E-state index contributed by atoms with van der Waals surface area (Å²) in [5, 5.41) is 3.42. The number of methoxy groups -OCH3 is 1. The SMILES string of the molecule is CCCNCc1cc(C)ccc1OCCCOC. The quantitative estimate of drug-likeness (QED) is 0.685. The molecule has 1 aromatic carbocycles. The number of nitrogens with one attached hydrogen (secondary N) is 1. The Morgan fingerprint density at radius 1 is 1.22 bits per heavy atom. The van der Waals surface area contributed by atoms with E-state index in [0.29, 0.717) is 6.61 Å². The van der Waals surface area contributed by atoms with Crippen molar-refractivity contribution in [3.63, 3.8) is 0 Å². The molecule has 0 fully saturated rings. The Morgan fingerprint density at radius 3 is 2.78 bits per heavy atom. The smallest absolute Gasteiger partial charge is 0.123 e. The van der Waals surface area contributed by atoms with Gasteiger partial charge in [0.2, 0.25) is 0 Å². The van der Waals surface area contributed by atoms with Gasteiger partial charge in [0.15, 0.2) is 0 Å². The molecule has 0 atom stereocenters. The van der Waals surface area contributed by atoms with E-state index in [4.69, 9.17) is 9.47 Å². The van der Waals surface area contributed by atoms with Crippen molar-refractivity contribution in [1.29, 1.82) is 0 Å². The zero-order valence-electron chi connectivity index (χ0n) is 11.8. The van der Waals surface area contributed by atoms with E-state index in [0.717, 1.165) is 38.3 Å². The fraction of sp³-hybridized carbons (Fsp3) is 0.600. The van der Waals surface area contributed by atoms with Gasteiger partial charge in [0.05, 0.1) is 6.61 Å². The van der Waals surface area contributed by atoms with Crippen LogP contribution in [0.3, 0.4) is 0 Å². The van der Waals surface area contributed by atoms with E-state index in [2.05, 4.69) is 37.4 Å². The summed E-state index contributed by atoms with van der Waals surface area (Å²) in [5.74, 6) is 0.986. The van der Waals surface area contributed by atoms with Crippen LogP contribution in [0.4, 0.5) is 0 Å². The highest BCUT2D eigenvalue weighted by molar-refractivity contribution is 5.36. The van der Waals surface area contributed by atoms with E-state index in [1.54, 1.807) is 7.11 Å². The van der Waals surface area contributed by atoms with E-state index >= 15 is 0 Å². The first-order valence-corrected chi connectivity index (χ1v) is 6.70. The first-order chi connectivity index (χ1) is 8.77. The molecule has 0 bridgehead atoms. The molecule has 0 aliphatic rings. The number of benzene rings is 1. The first kappa shape index (κ1) is 15.0. The number of hydrogen-bond donors (Lipinski definition) is 1. The van der Waals surface area contributed by atoms with Gasteiger partial charge in [0, 0.05) is 32.2 Å². The van der Waals surface area contributed by atoms with Gasteiger partial charge in [-0.1, -0.05) is 24.6 Å². The van der Waals surface area contributed by atoms with Crippen molar-refractivity contribution in [3.05, 3.63) is 29.3 Å². The van der Waals surface area contributed by atoms with Crippen LogP contribution in [0.25, 0.3) is 0 Å². The van der Waals surface area contributed by atoms with Gasteiger partial charge in [0.25, 0.3) is 0 Å². The van der Waals surface area contributed by atoms with Crippen molar-refractivity contribution >= 4 is 0 Å². The van der Waals surface area contributed by atoms with Crippen molar-refractivity contribution in [3.8, 4) is 5.75 Å². The minimum absolute atomic E-state index is 0.706. The van der Waals surface area contributed by atoms with E-state index in [1.807, 2.05) is 0 Å². The molecule has 0 spiro atoms. The van der Waals surface area contributed by atoms with Gasteiger partial charge in [-0.3, -0.25) is 0 Å². The van der Waals surface area contributed by atoms with Gasteiger partial charge in [-0.15, -0.1) is 0 Å². The van der Waals surface area contributed by atoms with Gasteiger partial charge in [-0.25, -0.2) is 0 Å². The Hall–Kier alpha value is -1.06. The summed E-state index contributed by atoms with van der Waals surface area (Å²) in [6.45, 7) is 7.64. The Balaban J connectivity index is 2.52. The first-order valence-electron chi connectivity index (χ1n) is 6.70. The lowest BCUT2D eigenvalue weighted by Crippen LogP contribution is -2.15. The molecule has 0 aliphatic carbocycles. The third kappa shape index (κ3) is 5.52. The molecule has 0 amide bonds. The maximum absolute atomic E-state index is 5.80. The van der Waals surface area contributed by atoms with Crippen LogP contribution in [-0.2, 0) is 11.3 Å². The van der Waals surface area contributed by atoms with E-state index in [1.165, 1.54) is 11.1 Å². The van der Waals surface area contributed by atoms with Crippen LogP contribution in [-0.4, -0.2) is 26.9 Å². The van der Waals surface area contributed by atoms with Gasteiger partial charge in [0.1, 0.15) is 5.75 Å². The molecule has 0 saturated heterocycles. The average molecular weight is 251 g/mol. The lowest BCUT2D eigenvalue weighted by molar-refractivity contribution is 0.171. The molecule has 0 radical (unpaired) electrons. The van der Waals surface area contributed by atoms with E-state index in [9.17, 15) is 0 Å². The molecule has 1 aromatic rings. The predicted octanol–water partition coefficient (Wildman–Crippen LogP) is 2.91. The average Bonchev–Trinajstić information content (AvgIpc) is 2.37. The van der Waals surface area contributed by atoms with Crippen LogP contribution in [0, 0.1) is 6.92 Å². The number of rotatable bonds is 9. The van der Waals surface area contributed by atoms with Crippen LogP contribution in [0.5, 0.6) is 5.75 Å². The monoisotopic (exact) mass is 251 g/mol. The zero-order valence-corrected chi connectivity index (χ0v) is 11.8. The molecule has 0 heterocycles. The van der Waals surface area contributed by atoms with Gasteiger partial charge in [-0.05, 0) is 26.0 Å². The van der Waals surface area contributed by atoms with E-state index < -0.39 is 0 Å². The molecule has 102 valence electrons. The van der Waals surface area contributed by atoms with Crippen molar-refractivity contribution in [1.82, 2.24) is 5.32 Å². The Kier molecular flexibility index (Phi) is 7.46. The number of ether oxygens (including phenoxy) is 2. The summed E-state index contributed by atoms with van der Waals surface area (Å²) >= 11 is 0. The normalized spacial score (nSPS) is 10.6. The fourth-order valence-corrected chi connectivity index (χ4v) is 1.77. The minimum Gasteiger partial charge on any atom is -0.493 e.